The summed E-state index contributed by atoms with van der Waals surface area (Å²) in [7, 11) is 0. The summed E-state index contributed by atoms with van der Waals surface area (Å²) in [5.74, 6) is 0. The van der Waals surface area contributed by atoms with Gasteiger partial charge in [0.15, 0.2) is 0 Å². The molecule has 0 aromatic carbocycles. The first-order valence-electron chi connectivity index (χ1n) is 5.60. The molecule has 0 unspecified atom stereocenters. The lowest BCUT2D eigenvalue weighted by atomic mass is 9.99. The van der Waals surface area contributed by atoms with Crippen LogP contribution in [0.2, 0.25) is 0 Å². The Morgan fingerprint density at radius 2 is 1.75 bits per heavy atom. The van der Waals surface area contributed by atoms with Crippen molar-refractivity contribution >= 4 is 11.9 Å². The monoisotopic (exact) mass is 224 g/mol. The molecular formula is C12H22N3O. The summed E-state index contributed by atoms with van der Waals surface area (Å²) in [6.45, 7) is 13.5. The van der Waals surface area contributed by atoms with Gasteiger partial charge >= 0.3 is 0 Å². The molecule has 0 spiro atoms. The molecule has 0 saturated carbocycles. The number of hydrogen-bond acceptors (Lipinski definition) is 3. The van der Waals surface area contributed by atoms with Gasteiger partial charge in [0.2, 0.25) is 0 Å². The van der Waals surface area contributed by atoms with Gasteiger partial charge in [0, 0.05) is 6.21 Å². The maximum Gasteiger partial charge on any atom is 0.134 e. The highest BCUT2D eigenvalue weighted by Gasteiger charge is 2.47. The van der Waals surface area contributed by atoms with Crippen molar-refractivity contribution in [2.24, 2.45) is 9.98 Å². The summed E-state index contributed by atoms with van der Waals surface area (Å²) in [5, 5.41) is 13.1. The van der Waals surface area contributed by atoms with Crippen LogP contribution in [-0.4, -0.2) is 33.7 Å². The third kappa shape index (κ3) is 2.50. The van der Waals surface area contributed by atoms with Gasteiger partial charge in [-0.15, -0.1) is 10.3 Å². The first-order valence-corrected chi connectivity index (χ1v) is 5.60. The fourth-order valence-electron chi connectivity index (χ4n) is 1.71. The molecule has 0 amide bonds. The molecule has 0 aromatic rings. The van der Waals surface area contributed by atoms with Gasteiger partial charge in [-0.25, -0.2) is 0 Å². The quantitative estimate of drug-likeness (QED) is 0.631. The van der Waals surface area contributed by atoms with Crippen molar-refractivity contribution in [2.75, 3.05) is 0 Å². The lowest BCUT2D eigenvalue weighted by Gasteiger charge is -2.30. The van der Waals surface area contributed by atoms with Crippen molar-refractivity contribution in [1.82, 2.24) is 5.06 Å². The summed E-state index contributed by atoms with van der Waals surface area (Å²) >= 11 is 0. The van der Waals surface area contributed by atoms with Crippen LogP contribution >= 0.6 is 0 Å². The van der Waals surface area contributed by atoms with Crippen LogP contribution in [0.4, 0.5) is 0 Å². The Kier molecular flexibility index (Phi) is 3.03. The van der Waals surface area contributed by atoms with Gasteiger partial charge in [0.25, 0.3) is 0 Å². The largest absolute Gasteiger partial charge is 0.285 e. The molecule has 16 heavy (non-hydrogen) atoms. The van der Waals surface area contributed by atoms with Crippen molar-refractivity contribution < 1.29 is 5.21 Å². The Balaban J connectivity index is 3.02. The molecule has 1 radical (unpaired) electrons. The second-order valence-electron chi connectivity index (χ2n) is 6.27. The van der Waals surface area contributed by atoms with Gasteiger partial charge < -0.3 is 0 Å². The third-order valence-electron chi connectivity index (χ3n) is 2.60. The zero-order chi connectivity index (χ0) is 12.8. The number of rotatable bonds is 1. The van der Waals surface area contributed by atoms with E-state index in [0.717, 1.165) is 10.8 Å². The SMILES string of the molecule is CC(C)(C)N=CC1=NC(C)(C)N([O])C1(C)C. The molecular weight excluding hydrogens is 202 g/mol. The number of hydroxylamine groups is 2. The molecule has 1 rings (SSSR count). The molecule has 0 saturated heterocycles. The molecule has 0 aromatic heterocycles. The second-order valence-corrected chi connectivity index (χ2v) is 6.27. The van der Waals surface area contributed by atoms with Gasteiger partial charge in [-0.3, -0.25) is 9.98 Å². The third-order valence-corrected chi connectivity index (χ3v) is 2.60. The average Bonchev–Trinajstić information content (AvgIpc) is 2.22. The van der Waals surface area contributed by atoms with Crippen LogP contribution in [0.15, 0.2) is 9.98 Å². The Morgan fingerprint density at radius 1 is 1.25 bits per heavy atom. The zero-order valence-corrected chi connectivity index (χ0v) is 11.3. The minimum absolute atomic E-state index is 0.140. The fourth-order valence-corrected chi connectivity index (χ4v) is 1.71. The molecule has 1 heterocycles. The van der Waals surface area contributed by atoms with Gasteiger partial charge in [-0.05, 0) is 48.5 Å². The van der Waals surface area contributed by atoms with E-state index in [0.29, 0.717) is 0 Å². The second kappa shape index (κ2) is 3.64. The smallest absolute Gasteiger partial charge is 0.134 e. The molecule has 0 bridgehead atoms. The molecule has 0 N–H and O–H groups in total. The van der Waals surface area contributed by atoms with Crippen LogP contribution in [0.1, 0.15) is 48.5 Å². The summed E-state index contributed by atoms with van der Waals surface area (Å²) in [6.07, 6.45) is 1.74. The molecule has 1 aliphatic heterocycles. The van der Waals surface area contributed by atoms with Gasteiger partial charge in [0.1, 0.15) is 5.66 Å². The number of nitrogens with zero attached hydrogens (tertiary/aromatic N) is 3. The lowest BCUT2D eigenvalue weighted by molar-refractivity contribution is -0.240. The molecule has 1 aliphatic rings. The van der Waals surface area contributed by atoms with E-state index in [1.165, 1.54) is 0 Å². The van der Waals surface area contributed by atoms with Crippen molar-refractivity contribution in [1.29, 1.82) is 0 Å². The molecule has 0 aliphatic carbocycles. The molecule has 91 valence electrons. The Hall–Kier alpha value is -0.740. The minimum atomic E-state index is -0.692. The van der Waals surface area contributed by atoms with E-state index < -0.39 is 11.2 Å². The normalized spacial score (nSPS) is 25.1. The summed E-state index contributed by atoms with van der Waals surface area (Å²) in [5.41, 5.74) is -0.678. The van der Waals surface area contributed by atoms with Crippen LogP contribution in [-0.2, 0) is 5.21 Å². The Bertz CT molecular complexity index is 335. The number of aliphatic imine (C=N–C) groups is 2. The van der Waals surface area contributed by atoms with E-state index in [-0.39, 0.29) is 5.54 Å². The van der Waals surface area contributed by atoms with E-state index >= 15 is 0 Å². The fraction of sp³-hybridized carbons (Fsp3) is 0.833. The predicted molar refractivity (Wildman–Crippen MR) is 66.4 cm³/mol. The van der Waals surface area contributed by atoms with Crippen LogP contribution in [0.25, 0.3) is 0 Å². The first-order chi connectivity index (χ1) is 6.97. The summed E-state index contributed by atoms with van der Waals surface area (Å²) in [6, 6.07) is 0. The van der Waals surface area contributed by atoms with Crippen LogP contribution < -0.4 is 0 Å². The van der Waals surface area contributed by atoms with E-state index in [2.05, 4.69) is 9.98 Å². The Morgan fingerprint density at radius 3 is 2.06 bits per heavy atom. The summed E-state index contributed by atoms with van der Waals surface area (Å²) < 4.78 is 0. The number of hydrogen-bond donors (Lipinski definition) is 0. The molecule has 0 fully saturated rings. The maximum absolute atomic E-state index is 12.0. The van der Waals surface area contributed by atoms with E-state index in [9.17, 15) is 5.21 Å². The molecule has 4 heteroatoms. The lowest BCUT2D eigenvalue weighted by Crippen LogP contribution is -2.49. The standard InChI is InChI=1S/C12H22N3O/c1-10(2,3)13-8-9-11(4,5)15(16)12(6,7)14-9/h8H,1-7H3. The molecule has 4 nitrogen and oxygen atoms in total. The van der Waals surface area contributed by atoms with E-state index in [1.54, 1.807) is 6.21 Å². The van der Waals surface area contributed by atoms with Crippen molar-refractivity contribution in [3.05, 3.63) is 0 Å². The topological polar surface area (TPSA) is 47.9 Å². The van der Waals surface area contributed by atoms with E-state index in [1.807, 2.05) is 48.5 Å². The minimum Gasteiger partial charge on any atom is -0.285 e. The van der Waals surface area contributed by atoms with Crippen LogP contribution in [0, 0.1) is 0 Å². The van der Waals surface area contributed by atoms with E-state index in [4.69, 9.17) is 0 Å². The van der Waals surface area contributed by atoms with Crippen molar-refractivity contribution in [3.8, 4) is 0 Å². The predicted octanol–water partition coefficient (Wildman–Crippen LogP) is 2.47. The van der Waals surface area contributed by atoms with Crippen LogP contribution in [0.3, 0.4) is 0 Å². The average molecular weight is 224 g/mol. The maximum atomic E-state index is 12.0. The van der Waals surface area contributed by atoms with Gasteiger partial charge in [0.05, 0.1) is 16.8 Å². The highest BCUT2D eigenvalue weighted by atomic mass is 16.5. The highest BCUT2D eigenvalue weighted by molar-refractivity contribution is 6.35. The highest BCUT2D eigenvalue weighted by Crippen LogP contribution is 2.32. The zero-order valence-electron chi connectivity index (χ0n) is 11.3. The summed E-state index contributed by atoms with van der Waals surface area (Å²) in [4.78, 5) is 8.85. The Labute approximate surface area is 98.0 Å². The van der Waals surface area contributed by atoms with Gasteiger partial charge in [-0.1, -0.05) is 0 Å². The van der Waals surface area contributed by atoms with Crippen molar-refractivity contribution in [3.63, 3.8) is 0 Å². The molecule has 0 atom stereocenters. The van der Waals surface area contributed by atoms with Crippen molar-refractivity contribution in [2.45, 2.75) is 65.2 Å². The van der Waals surface area contributed by atoms with Gasteiger partial charge in [-0.2, -0.15) is 0 Å². The van der Waals surface area contributed by atoms with Crippen LogP contribution in [0.5, 0.6) is 0 Å². The first kappa shape index (κ1) is 13.3.